The van der Waals surface area contributed by atoms with Crippen LogP contribution in [0.3, 0.4) is 0 Å². The van der Waals surface area contributed by atoms with Crippen LogP contribution in [-0.4, -0.2) is 41.8 Å². The molecule has 0 radical (unpaired) electrons. The van der Waals surface area contributed by atoms with Crippen LogP contribution in [0.4, 0.5) is 10.8 Å². The number of hydrogen-bond acceptors (Lipinski definition) is 9. The zero-order valence-electron chi connectivity index (χ0n) is 24.1. The van der Waals surface area contributed by atoms with Crippen molar-refractivity contribution in [2.45, 2.75) is 38.7 Å². The minimum absolute atomic E-state index is 0.263. The van der Waals surface area contributed by atoms with Gasteiger partial charge >= 0.3 is 5.97 Å². The number of hydrogen-bond donors (Lipinski definition) is 1. The van der Waals surface area contributed by atoms with Gasteiger partial charge in [-0.3, -0.25) is 0 Å². The number of anilines is 2. The minimum atomic E-state index is -0.938. The fraction of sp³-hybridized carbons (Fsp3) is 0.303. The number of ether oxygens (including phenoxy) is 3. The Labute approximate surface area is 253 Å². The van der Waals surface area contributed by atoms with E-state index in [1.54, 1.807) is 26.4 Å². The molecule has 0 unspecified atom stereocenters. The summed E-state index contributed by atoms with van der Waals surface area (Å²) in [6.07, 6.45) is 6.13. The number of oxazole rings is 1. The van der Waals surface area contributed by atoms with Crippen LogP contribution in [0.1, 0.15) is 48.0 Å². The molecule has 2 heterocycles. The summed E-state index contributed by atoms with van der Waals surface area (Å²) in [7, 11) is 3.24. The third-order valence-electron chi connectivity index (χ3n) is 7.71. The first kappa shape index (κ1) is 28.5. The van der Waals surface area contributed by atoms with E-state index in [-0.39, 0.29) is 5.56 Å². The maximum Gasteiger partial charge on any atom is 0.335 e. The molecule has 1 saturated carbocycles. The summed E-state index contributed by atoms with van der Waals surface area (Å²) in [6.45, 7) is 1.16. The maximum absolute atomic E-state index is 11.4. The molecule has 0 atom stereocenters. The normalized spacial score (nSPS) is 13.6. The highest BCUT2D eigenvalue weighted by Gasteiger charge is 2.23. The van der Waals surface area contributed by atoms with Crippen molar-refractivity contribution in [2.24, 2.45) is 5.92 Å². The van der Waals surface area contributed by atoms with Crippen molar-refractivity contribution in [3.8, 4) is 28.8 Å². The van der Waals surface area contributed by atoms with Gasteiger partial charge in [-0.25, -0.2) is 14.8 Å². The Hall–Kier alpha value is -4.57. The van der Waals surface area contributed by atoms with Gasteiger partial charge in [-0.2, -0.15) is 0 Å². The summed E-state index contributed by atoms with van der Waals surface area (Å²) in [5.74, 6) is 2.11. The molecule has 1 N–H and O–H groups in total. The summed E-state index contributed by atoms with van der Waals surface area (Å²) in [5, 5.41) is 12.1. The molecule has 1 aliphatic rings. The molecule has 0 aliphatic heterocycles. The van der Waals surface area contributed by atoms with E-state index in [9.17, 15) is 9.90 Å². The van der Waals surface area contributed by atoms with Crippen molar-refractivity contribution >= 4 is 39.2 Å². The zero-order chi connectivity index (χ0) is 29.8. The number of carboxylic acids is 1. The van der Waals surface area contributed by atoms with Gasteiger partial charge in [-0.1, -0.05) is 19.3 Å². The molecule has 1 fully saturated rings. The van der Waals surface area contributed by atoms with Crippen molar-refractivity contribution in [1.82, 2.24) is 9.97 Å². The molecule has 3 aromatic carbocycles. The van der Waals surface area contributed by atoms with Crippen LogP contribution in [0.15, 0.2) is 70.5 Å². The number of rotatable bonds is 11. The molecule has 43 heavy (non-hydrogen) atoms. The monoisotopic (exact) mass is 599 g/mol. The van der Waals surface area contributed by atoms with Crippen LogP contribution >= 0.6 is 11.3 Å². The Kier molecular flexibility index (Phi) is 8.46. The van der Waals surface area contributed by atoms with Crippen molar-refractivity contribution in [3.05, 3.63) is 77.2 Å². The molecule has 1 aliphatic carbocycles. The second-order valence-electron chi connectivity index (χ2n) is 10.6. The van der Waals surface area contributed by atoms with Gasteiger partial charge in [0.15, 0.2) is 10.7 Å². The summed E-state index contributed by atoms with van der Waals surface area (Å²) >= 11 is 1.52. The average molecular weight is 600 g/mol. The van der Waals surface area contributed by atoms with Gasteiger partial charge in [0.05, 0.1) is 19.8 Å². The van der Waals surface area contributed by atoms with Crippen molar-refractivity contribution in [2.75, 3.05) is 25.7 Å². The second kappa shape index (κ2) is 12.7. The van der Waals surface area contributed by atoms with Crippen LogP contribution < -0.4 is 19.1 Å². The van der Waals surface area contributed by atoms with E-state index in [0.717, 1.165) is 22.9 Å². The van der Waals surface area contributed by atoms with E-state index in [2.05, 4.69) is 9.88 Å². The van der Waals surface area contributed by atoms with Crippen LogP contribution in [0.5, 0.6) is 17.2 Å². The van der Waals surface area contributed by atoms with Crippen molar-refractivity contribution in [3.63, 3.8) is 0 Å². The van der Waals surface area contributed by atoms with Gasteiger partial charge in [0.25, 0.3) is 0 Å². The number of methoxy groups -OCH3 is 2. The van der Waals surface area contributed by atoms with Crippen LogP contribution in [0, 0.1) is 5.92 Å². The fourth-order valence-corrected chi connectivity index (χ4v) is 6.24. The Balaban J connectivity index is 1.22. The molecule has 222 valence electrons. The molecule has 10 heteroatoms. The maximum atomic E-state index is 11.4. The van der Waals surface area contributed by atoms with Crippen LogP contribution in [0.25, 0.3) is 22.7 Å². The predicted octanol–water partition coefficient (Wildman–Crippen LogP) is 7.96. The highest BCUT2D eigenvalue weighted by Crippen LogP contribution is 2.36. The number of aromatic nitrogens is 2. The summed E-state index contributed by atoms with van der Waals surface area (Å²) in [4.78, 5) is 23.2. The quantitative estimate of drug-likeness (QED) is 0.162. The number of aromatic carboxylic acids is 1. The number of nitrogens with zero attached hydrogens (tertiary/aromatic N) is 3. The minimum Gasteiger partial charge on any atom is -0.497 e. The standard InChI is InChI=1S/C33H33N3O6S/c1-39-26-14-22(15-27(16-26)40-2)19-41-25-12-13-28-30(17-25)42-31(34-28)29-20-43-33(35-29)36(18-21-6-4-3-5-7-21)24-10-8-23(9-11-24)32(37)38/h8-17,20-21H,3-7,18-19H2,1-2H3,(H,37,38). The topological polar surface area (TPSA) is 107 Å². The lowest BCUT2D eigenvalue weighted by Crippen LogP contribution is -2.26. The molecule has 6 rings (SSSR count). The van der Waals surface area contributed by atoms with E-state index in [1.165, 1.54) is 43.4 Å². The Morgan fingerprint density at radius 1 is 0.953 bits per heavy atom. The van der Waals surface area contributed by atoms with Gasteiger partial charge in [0.1, 0.15) is 35.1 Å². The van der Waals surface area contributed by atoms with Gasteiger partial charge in [-0.05, 0) is 72.9 Å². The highest BCUT2D eigenvalue weighted by atomic mass is 32.1. The van der Waals surface area contributed by atoms with E-state index >= 15 is 0 Å². The SMILES string of the molecule is COc1cc(COc2ccc3nc(-c4csc(N(CC5CCCCC5)c5ccc(C(=O)O)cc5)n4)oc3c2)cc(OC)c1. The van der Waals surface area contributed by atoms with Crippen LogP contribution in [-0.2, 0) is 6.61 Å². The molecule has 0 bridgehead atoms. The largest absolute Gasteiger partial charge is 0.497 e. The van der Waals surface area contributed by atoms with Crippen LogP contribution in [0.2, 0.25) is 0 Å². The number of fused-ring (bicyclic) bond motifs is 1. The summed E-state index contributed by atoms with van der Waals surface area (Å²) < 4.78 is 22.9. The lowest BCUT2D eigenvalue weighted by Gasteiger charge is -2.29. The van der Waals surface area contributed by atoms with Gasteiger partial charge in [0, 0.05) is 29.7 Å². The Morgan fingerprint density at radius 3 is 2.40 bits per heavy atom. The van der Waals surface area contributed by atoms with Gasteiger partial charge in [0.2, 0.25) is 5.89 Å². The molecule has 0 amide bonds. The molecule has 0 spiro atoms. The highest BCUT2D eigenvalue weighted by molar-refractivity contribution is 7.14. The number of carboxylic acid groups (broad SMARTS) is 1. The molecular weight excluding hydrogens is 566 g/mol. The lowest BCUT2D eigenvalue weighted by atomic mass is 9.89. The average Bonchev–Trinajstić information content (AvgIpc) is 3.70. The first-order valence-corrected chi connectivity index (χ1v) is 15.2. The Morgan fingerprint density at radius 2 is 1.70 bits per heavy atom. The zero-order valence-corrected chi connectivity index (χ0v) is 24.9. The third-order valence-corrected chi connectivity index (χ3v) is 8.57. The summed E-state index contributed by atoms with van der Waals surface area (Å²) in [6, 6.07) is 18.2. The van der Waals surface area contributed by atoms with Gasteiger partial charge in [-0.15, -0.1) is 11.3 Å². The molecule has 0 saturated heterocycles. The van der Waals surface area contributed by atoms with Gasteiger partial charge < -0.3 is 28.6 Å². The van der Waals surface area contributed by atoms with E-state index in [1.807, 2.05) is 53.9 Å². The van der Waals surface area contributed by atoms with Crippen molar-refractivity contribution < 1.29 is 28.5 Å². The predicted molar refractivity (Wildman–Crippen MR) is 166 cm³/mol. The lowest BCUT2D eigenvalue weighted by molar-refractivity contribution is 0.0697. The first-order chi connectivity index (χ1) is 21.0. The molecule has 5 aromatic rings. The van der Waals surface area contributed by atoms with Crippen molar-refractivity contribution in [1.29, 1.82) is 0 Å². The van der Waals surface area contributed by atoms with E-state index < -0.39 is 5.97 Å². The smallest absolute Gasteiger partial charge is 0.335 e. The number of carbonyl (C=O) groups is 1. The number of benzene rings is 3. The fourth-order valence-electron chi connectivity index (χ4n) is 5.41. The molecule has 9 nitrogen and oxygen atoms in total. The molecular formula is C33H33N3O6S. The second-order valence-corrected chi connectivity index (χ2v) is 11.5. The first-order valence-electron chi connectivity index (χ1n) is 14.3. The summed E-state index contributed by atoms with van der Waals surface area (Å²) in [5.41, 5.74) is 4.07. The van der Waals surface area contributed by atoms with E-state index in [0.29, 0.717) is 52.5 Å². The Bertz CT molecular complexity index is 1690. The molecule has 2 aromatic heterocycles. The van der Waals surface area contributed by atoms with E-state index in [4.69, 9.17) is 23.6 Å². The third kappa shape index (κ3) is 6.59. The number of thiazole rings is 1.